The van der Waals surface area contributed by atoms with Gasteiger partial charge in [-0.05, 0) is 30.5 Å². The first-order chi connectivity index (χ1) is 8.93. The molecular formula is C14H21N3O2. The van der Waals surface area contributed by atoms with Crippen molar-refractivity contribution >= 4 is 17.5 Å². The van der Waals surface area contributed by atoms with Gasteiger partial charge in [-0.2, -0.15) is 0 Å². The van der Waals surface area contributed by atoms with Gasteiger partial charge in [0, 0.05) is 18.7 Å². The Morgan fingerprint density at radius 3 is 2.32 bits per heavy atom. The van der Waals surface area contributed by atoms with E-state index in [0.29, 0.717) is 18.7 Å². The first-order valence-corrected chi connectivity index (χ1v) is 6.35. The van der Waals surface area contributed by atoms with E-state index in [1.807, 2.05) is 38.1 Å². The number of amides is 2. The molecule has 0 fully saturated rings. The maximum atomic E-state index is 12.1. The minimum absolute atomic E-state index is 0.0240. The van der Waals surface area contributed by atoms with Crippen LogP contribution in [0.1, 0.15) is 31.7 Å². The van der Waals surface area contributed by atoms with E-state index in [2.05, 4.69) is 0 Å². The van der Waals surface area contributed by atoms with Gasteiger partial charge in [0.25, 0.3) is 0 Å². The van der Waals surface area contributed by atoms with Gasteiger partial charge in [-0.25, -0.2) is 0 Å². The van der Waals surface area contributed by atoms with Crippen LogP contribution in [0.3, 0.4) is 0 Å². The van der Waals surface area contributed by atoms with Crippen LogP contribution in [0.4, 0.5) is 5.69 Å². The van der Waals surface area contributed by atoms with Crippen LogP contribution >= 0.6 is 0 Å². The Kier molecular flexibility index (Phi) is 5.36. The zero-order chi connectivity index (χ0) is 14.4. The molecule has 104 valence electrons. The molecule has 0 spiro atoms. The molecule has 0 saturated heterocycles. The molecule has 0 radical (unpaired) electrons. The minimum atomic E-state index is -0.490. The van der Waals surface area contributed by atoms with E-state index in [0.717, 1.165) is 5.56 Å². The molecule has 0 bridgehead atoms. The highest BCUT2D eigenvalue weighted by molar-refractivity contribution is 5.84. The second-order valence-electron chi connectivity index (χ2n) is 4.65. The molecule has 0 aliphatic carbocycles. The summed E-state index contributed by atoms with van der Waals surface area (Å²) in [5.41, 5.74) is 12.5. The Hall–Kier alpha value is -2.04. The number of nitrogens with zero attached hydrogens (tertiary/aromatic N) is 1. The predicted octanol–water partition coefficient (Wildman–Crippen LogP) is 1.10. The summed E-state index contributed by atoms with van der Waals surface area (Å²) < 4.78 is 0. The monoisotopic (exact) mass is 263 g/mol. The van der Waals surface area contributed by atoms with Crippen molar-refractivity contribution in [3.8, 4) is 0 Å². The van der Waals surface area contributed by atoms with Crippen molar-refractivity contribution in [3.05, 3.63) is 29.8 Å². The summed E-state index contributed by atoms with van der Waals surface area (Å²) in [6.07, 6.45) is 0.352. The molecule has 1 aromatic rings. The fourth-order valence-electron chi connectivity index (χ4n) is 1.90. The highest BCUT2D eigenvalue weighted by atomic mass is 16.2. The standard InChI is InChI=1S/C14H21N3O2/c1-3-17(9-13(16)18)14(19)8-10(2)11-4-6-12(15)7-5-11/h4-7,10H,3,8-9,15H2,1-2H3,(H2,16,18). The van der Waals surface area contributed by atoms with E-state index < -0.39 is 5.91 Å². The van der Waals surface area contributed by atoms with Crippen LogP contribution in [-0.4, -0.2) is 29.8 Å². The van der Waals surface area contributed by atoms with Gasteiger partial charge in [-0.3, -0.25) is 9.59 Å². The molecule has 2 amide bonds. The highest BCUT2D eigenvalue weighted by Crippen LogP contribution is 2.21. The number of rotatable bonds is 6. The number of hydrogen-bond donors (Lipinski definition) is 2. The molecule has 1 rings (SSSR count). The minimum Gasteiger partial charge on any atom is -0.399 e. The molecule has 4 N–H and O–H groups in total. The van der Waals surface area contributed by atoms with Crippen molar-refractivity contribution in [1.82, 2.24) is 4.90 Å². The number of likely N-dealkylation sites (N-methyl/N-ethyl adjacent to an activating group) is 1. The van der Waals surface area contributed by atoms with Crippen LogP contribution in [-0.2, 0) is 9.59 Å². The SMILES string of the molecule is CCN(CC(N)=O)C(=O)CC(C)c1ccc(N)cc1. The summed E-state index contributed by atoms with van der Waals surface area (Å²) in [4.78, 5) is 24.4. The predicted molar refractivity (Wildman–Crippen MR) is 75.3 cm³/mol. The van der Waals surface area contributed by atoms with Crippen LogP contribution in [0.25, 0.3) is 0 Å². The highest BCUT2D eigenvalue weighted by Gasteiger charge is 2.17. The van der Waals surface area contributed by atoms with E-state index in [-0.39, 0.29) is 18.4 Å². The summed E-state index contributed by atoms with van der Waals surface area (Å²) >= 11 is 0. The number of anilines is 1. The molecule has 0 saturated carbocycles. The summed E-state index contributed by atoms with van der Waals surface area (Å²) in [5.74, 6) is -0.476. The third-order valence-corrected chi connectivity index (χ3v) is 3.07. The lowest BCUT2D eigenvalue weighted by atomic mass is 9.97. The van der Waals surface area contributed by atoms with Crippen LogP contribution in [0.5, 0.6) is 0 Å². The van der Waals surface area contributed by atoms with Crippen LogP contribution in [0.15, 0.2) is 24.3 Å². The maximum Gasteiger partial charge on any atom is 0.237 e. The van der Waals surface area contributed by atoms with E-state index >= 15 is 0 Å². The third kappa shape index (κ3) is 4.62. The summed E-state index contributed by atoms with van der Waals surface area (Å²) in [5, 5.41) is 0. The molecule has 0 heterocycles. The first kappa shape index (κ1) is 15.0. The number of hydrogen-bond acceptors (Lipinski definition) is 3. The van der Waals surface area contributed by atoms with E-state index in [4.69, 9.17) is 11.5 Å². The molecular weight excluding hydrogens is 242 g/mol. The second kappa shape index (κ2) is 6.78. The molecule has 1 aromatic carbocycles. The lowest BCUT2D eigenvalue weighted by Crippen LogP contribution is -2.38. The van der Waals surface area contributed by atoms with Crippen LogP contribution in [0, 0.1) is 0 Å². The normalized spacial score (nSPS) is 11.9. The quantitative estimate of drug-likeness (QED) is 0.753. The smallest absolute Gasteiger partial charge is 0.237 e. The second-order valence-corrected chi connectivity index (χ2v) is 4.65. The van der Waals surface area contributed by atoms with Gasteiger partial charge in [0.15, 0.2) is 0 Å². The van der Waals surface area contributed by atoms with Crippen molar-refractivity contribution in [3.63, 3.8) is 0 Å². The third-order valence-electron chi connectivity index (χ3n) is 3.07. The number of primary amides is 1. The van der Waals surface area contributed by atoms with Gasteiger partial charge in [-0.1, -0.05) is 19.1 Å². The van der Waals surface area contributed by atoms with Crippen molar-refractivity contribution in [1.29, 1.82) is 0 Å². The fraction of sp³-hybridized carbons (Fsp3) is 0.429. The fourth-order valence-corrected chi connectivity index (χ4v) is 1.90. The Morgan fingerprint density at radius 1 is 1.26 bits per heavy atom. The van der Waals surface area contributed by atoms with Crippen molar-refractivity contribution in [2.24, 2.45) is 5.73 Å². The van der Waals surface area contributed by atoms with Gasteiger partial charge >= 0.3 is 0 Å². The van der Waals surface area contributed by atoms with Gasteiger partial charge in [-0.15, -0.1) is 0 Å². The van der Waals surface area contributed by atoms with Gasteiger partial charge < -0.3 is 16.4 Å². The molecule has 19 heavy (non-hydrogen) atoms. The lowest BCUT2D eigenvalue weighted by molar-refractivity contribution is -0.135. The average Bonchev–Trinajstić information content (AvgIpc) is 2.36. The molecule has 0 aromatic heterocycles. The zero-order valence-electron chi connectivity index (χ0n) is 11.4. The van der Waals surface area contributed by atoms with Crippen molar-refractivity contribution < 1.29 is 9.59 Å². The van der Waals surface area contributed by atoms with Gasteiger partial charge in [0.05, 0.1) is 6.54 Å². The Balaban J connectivity index is 2.64. The Labute approximate surface area is 113 Å². The molecule has 0 aliphatic rings. The summed E-state index contributed by atoms with van der Waals surface area (Å²) in [6.45, 7) is 4.26. The van der Waals surface area contributed by atoms with Gasteiger partial charge in [0.2, 0.25) is 11.8 Å². The van der Waals surface area contributed by atoms with Crippen molar-refractivity contribution in [2.45, 2.75) is 26.2 Å². The average molecular weight is 263 g/mol. The Bertz CT molecular complexity index is 443. The lowest BCUT2D eigenvalue weighted by Gasteiger charge is -2.21. The van der Waals surface area contributed by atoms with Crippen molar-refractivity contribution in [2.75, 3.05) is 18.8 Å². The number of nitrogen functional groups attached to an aromatic ring is 1. The maximum absolute atomic E-state index is 12.1. The number of nitrogens with two attached hydrogens (primary N) is 2. The Morgan fingerprint density at radius 2 is 1.84 bits per heavy atom. The first-order valence-electron chi connectivity index (χ1n) is 6.35. The van der Waals surface area contributed by atoms with Gasteiger partial charge in [0.1, 0.15) is 0 Å². The summed E-state index contributed by atoms with van der Waals surface area (Å²) in [6, 6.07) is 7.46. The van der Waals surface area contributed by atoms with Crippen LogP contribution < -0.4 is 11.5 Å². The molecule has 5 heteroatoms. The summed E-state index contributed by atoms with van der Waals surface area (Å²) in [7, 11) is 0. The van der Waals surface area contributed by atoms with E-state index in [1.165, 1.54) is 4.90 Å². The molecule has 1 atom stereocenters. The topological polar surface area (TPSA) is 89.4 Å². The largest absolute Gasteiger partial charge is 0.399 e. The molecule has 1 unspecified atom stereocenters. The number of carbonyl (C=O) groups is 2. The van der Waals surface area contributed by atoms with E-state index in [1.54, 1.807) is 0 Å². The van der Waals surface area contributed by atoms with Crippen LogP contribution in [0.2, 0.25) is 0 Å². The molecule has 0 aliphatic heterocycles. The number of carbonyl (C=O) groups excluding carboxylic acids is 2. The van der Waals surface area contributed by atoms with E-state index in [9.17, 15) is 9.59 Å². The number of benzene rings is 1. The molecule has 5 nitrogen and oxygen atoms in total. The zero-order valence-corrected chi connectivity index (χ0v) is 11.4.